The van der Waals surface area contributed by atoms with Crippen LogP contribution in [0.3, 0.4) is 0 Å². The third-order valence-corrected chi connectivity index (χ3v) is 5.18. The summed E-state index contributed by atoms with van der Waals surface area (Å²) < 4.78 is 0.220. The van der Waals surface area contributed by atoms with Crippen molar-refractivity contribution in [1.82, 2.24) is 5.32 Å². The minimum absolute atomic E-state index is 0.00576. The Labute approximate surface area is 103 Å². The lowest BCUT2D eigenvalue weighted by atomic mass is 9.93. The number of rotatable bonds is 5. The van der Waals surface area contributed by atoms with Crippen molar-refractivity contribution in [3.8, 4) is 0 Å². The van der Waals surface area contributed by atoms with E-state index in [1.54, 1.807) is 0 Å². The van der Waals surface area contributed by atoms with Crippen LogP contribution in [0, 0.1) is 0 Å². The first-order valence-electron chi connectivity index (χ1n) is 6.17. The highest BCUT2D eigenvalue weighted by atomic mass is 32.2. The van der Waals surface area contributed by atoms with Crippen LogP contribution >= 0.6 is 11.8 Å². The molecule has 1 aliphatic rings. The van der Waals surface area contributed by atoms with Gasteiger partial charge in [-0.15, -0.1) is 0 Å². The minimum atomic E-state index is -0.681. The van der Waals surface area contributed by atoms with Gasteiger partial charge in [0.1, 0.15) is 0 Å². The molecule has 1 saturated heterocycles. The molecule has 1 atom stereocenters. The molecular weight excluding hydrogens is 220 g/mol. The highest BCUT2D eigenvalue weighted by Gasteiger charge is 2.34. The van der Waals surface area contributed by atoms with Gasteiger partial charge in [-0.05, 0) is 38.4 Å². The number of nitrogens with one attached hydrogen (secondary N) is 1. The monoisotopic (exact) mass is 244 g/mol. The minimum Gasteiger partial charge on any atom is -0.353 e. The smallest absolute Gasteiger partial charge is 0.240 e. The number of thioether (sulfide) groups is 1. The van der Waals surface area contributed by atoms with Crippen LogP contribution < -0.4 is 11.1 Å². The molecule has 1 aliphatic heterocycles. The molecule has 16 heavy (non-hydrogen) atoms. The van der Waals surface area contributed by atoms with Crippen LogP contribution in [0.2, 0.25) is 0 Å². The van der Waals surface area contributed by atoms with E-state index in [1.807, 2.05) is 25.6 Å². The molecule has 4 heteroatoms. The number of hydrogen-bond acceptors (Lipinski definition) is 3. The zero-order chi connectivity index (χ0) is 12.2. The lowest BCUT2D eigenvalue weighted by Gasteiger charge is -2.29. The van der Waals surface area contributed by atoms with E-state index in [0.29, 0.717) is 12.8 Å². The predicted octanol–water partition coefficient (Wildman–Crippen LogP) is 1.91. The summed E-state index contributed by atoms with van der Waals surface area (Å²) in [5.41, 5.74) is 5.37. The van der Waals surface area contributed by atoms with E-state index in [-0.39, 0.29) is 10.7 Å². The Hall–Kier alpha value is -0.220. The van der Waals surface area contributed by atoms with Crippen molar-refractivity contribution in [3.63, 3.8) is 0 Å². The topological polar surface area (TPSA) is 55.1 Å². The summed E-state index contributed by atoms with van der Waals surface area (Å²) in [6.45, 7) is 6.90. The van der Waals surface area contributed by atoms with Gasteiger partial charge < -0.3 is 11.1 Å². The van der Waals surface area contributed by atoms with Crippen molar-refractivity contribution in [1.29, 1.82) is 0 Å². The van der Waals surface area contributed by atoms with Gasteiger partial charge in [0.05, 0.1) is 5.54 Å². The Balaban J connectivity index is 2.45. The largest absolute Gasteiger partial charge is 0.353 e. The summed E-state index contributed by atoms with van der Waals surface area (Å²) in [6.07, 6.45) is 3.83. The Morgan fingerprint density at radius 2 is 2.12 bits per heavy atom. The fraction of sp³-hybridized carbons (Fsp3) is 0.917. The van der Waals surface area contributed by atoms with Crippen LogP contribution in [0.4, 0.5) is 0 Å². The van der Waals surface area contributed by atoms with Crippen molar-refractivity contribution in [2.45, 2.75) is 56.7 Å². The van der Waals surface area contributed by atoms with E-state index in [9.17, 15) is 4.79 Å². The van der Waals surface area contributed by atoms with Crippen molar-refractivity contribution in [2.75, 3.05) is 12.3 Å². The SMILES string of the molecule is CCC(N)(CC)C(=O)NCC1(C)CCCS1. The number of carbonyl (C=O) groups excluding carboxylic acids is 1. The molecule has 0 spiro atoms. The molecular formula is C12H24N2OS. The van der Waals surface area contributed by atoms with Gasteiger partial charge in [-0.1, -0.05) is 13.8 Å². The van der Waals surface area contributed by atoms with Crippen molar-refractivity contribution in [3.05, 3.63) is 0 Å². The third kappa shape index (κ3) is 3.14. The van der Waals surface area contributed by atoms with Gasteiger partial charge >= 0.3 is 0 Å². The van der Waals surface area contributed by atoms with Gasteiger partial charge in [0.2, 0.25) is 5.91 Å². The van der Waals surface area contributed by atoms with Crippen LogP contribution in [-0.4, -0.2) is 28.5 Å². The zero-order valence-corrected chi connectivity index (χ0v) is 11.5. The van der Waals surface area contributed by atoms with Crippen molar-refractivity contribution >= 4 is 17.7 Å². The highest BCUT2D eigenvalue weighted by Crippen LogP contribution is 2.37. The number of amides is 1. The fourth-order valence-corrected chi connectivity index (χ4v) is 3.24. The number of carbonyl (C=O) groups is 1. The van der Waals surface area contributed by atoms with E-state index in [1.165, 1.54) is 18.6 Å². The van der Waals surface area contributed by atoms with Crippen LogP contribution in [0.1, 0.15) is 46.5 Å². The zero-order valence-electron chi connectivity index (χ0n) is 10.6. The fourth-order valence-electron chi connectivity index (χ4n) is 1.99. The van der Waals surface area contributed by atoms with E-state index < -0.39 is 5.54 Å². The van der Waals surface area contributed by atoms with Crippen LogP contribution in [0.15, 0.2) is 0 Å². The third-order valence-electron chi connectivity index (χ3n) is 3.64. The van der Waals surface area contributed by atoms with Crippen molar-refractivity contribution in [2.24, 2.45) is 5.73 Å². The molecule has 94 valence electrons. The Kier molecular flexibility index (Phi) is 4.68. The summed E-state index contributed by atoms with van der Waals surface area (Å²) in [5.74, 6) is 1.22. The van der Waals surface area contributed by atoms with Crippen LogP contribution in [0.5, 0.6) is 0 Å². The maximum Gasteiger partial charge on any atom is 0.240 e. The first-order chi connectivity index (χ1) is 7.46. The summed E-state index contributed by atoms with van der Waals surface area (Å²) in [4.78, 5) is 12.0. The predicted molar refractivity (Wildman–Crippen MR) is 70.6 cm³/mol. The molecule has 1 heterocycles. The molecule has 0 aliphatic carbocycles. The molecule has 1 fully saturated rings. The molecule has 1 rings (SSSR count). The molecule has 0 bridgehead atoms. The Morgan fingerprint density at radius 1 is 1.50 bits per heavy atom. The molecule has 0 aromatic heterocycles. The van der Waals surface area contributed by atoms with E-state index in [0.717, 1.165) is 6.54 Å². The quantitative estimate of drug-likeness (QED) is 0.776. The maximum absolute atomic E-state index is 12.0. The lowest BCUT2D eigenvalue weighted by Crippen LogP contribution is -2.55. The second-order valence-corrected chi connectivity index (χ2v) is 6.63. The van der Waals surface area contributed by atoms with Crippen molar-refractivity contribution < 1.29 is 4.79 Å². The molecule has 1 unspecified atom stereocenters. The molecule has 3 nitrogen and oxygen atoms in total. The second-order valence-electron chi connectivity index (χ2n) is 4.95. The van der Waals surface area contributed by atoms with E-state index >= 15 is 0 Å². The van der Waals surface area contributed by atoms with Gasteiger partial charge in [-0.2, -0.15) is 11.8 Å². The summed E-state index contributed by atoms with van der Waals surface area (Å²) in [7, 11) is 0. The Bertz CT molecular complexity index is 245. The van der Waals surface area contributed by atoms with E-state index in [2.05, 4.69) is 12.2 Å². The average molecular weight is 244 g/mol. The average Bonchev–Trinajstić information content (AvgIpc) is 2.72. The first kappa shape index (κ1) is 13.8. The summed E-state index contributed by atoms with van der Waals surface area (Å²) in [5, 5.41) is 3.02. The Morgan fingerprint density at radius 3 is 2.56 bits per heavy atom. The summed E-state index contributed by atoms with van der Waals surface area (Å²) >= 11 is 1.96. The van der Waals surface area contributed by atoms with Crippen LogP contribution in [0.25, 0.3) is 0 Å². The normalized spacial score (nSPS) is 25.8. The molecule has 0 radical (unpaired) electrons. The second kappa shape index (κ2) is 5.41. The molecule has 1 amide bonds. The maximum atomic E-state index is 12.0. The standard InChI is InChI=1S/C12H24N2OS/c1-4-12(13,5-2)10(15)14-9-11(3)7-6-8-16-11/h4-9,13H2,1-3H3,(H,14,15). The van der Waals surface area contributed by atoms with Gasteiger partial charge in [0.15, 0.2) is 0 Å². The van der Waals surface area contributed by atoms with E-state index in [4.69, 9.17) is 5.73 Å². The van der Waals surface area contributed by atoms with Gasteiger partial charge in [0.25, 0.3) is 0 Å². The number of nitrogens with two attached hydrogens (primary N) is 1. The lowest BCUT2D eigenvalue weighted by molar-refractivity contribution is -0.126. The molecule has 0 aromatic carbocycles. The van der Waals surface area contributed by atoms with Gasteiger partial charge in [0, 0.05) is 11.3 Å². The summed E-state index contributed by atoms with van der Waals surface area (Å²) in [6, 6.07) is 0. The molecule has 0 aromatic rings. The first-order valence-corrected chi connectivity index (χ1v) is 7.15. The van der Waals surface area contributed by atoms with Gasteiger partial charge in [-0.25, -0.2) is 0 Å². The highest BCUT2D eigenvalue weighted by molar-refractivity contribution is 8.00. The molecule has 3 N–H and O–H groups in total. The molecule has 0 saturated carbocycles. The van der Waals surface area contributed by atoms with Gasteiger partial charge in [-0.3, -0.25) is 4.79 Å². The van der Waals surface area contributed by atoms with Crippen LogP contribution in [-0.2, 0) is 4.79 Å². The number of hydrogen-bond donors (Lipinski definition) is 2.